The van der Waals surface area contributed by atoms with Gasteiger partial charge in [0.1, 0.15) is 5.82 Å². The van der Waals surface area contributed by atoms with Crippen LogP contribution in [0.3, 0.4) is 0 Å². The summed E-state index contributed by atoms with van der Waals surface area (Å²) >= 11 is 0. The molecular weight excluding hydrogens is 177 g/mol. The molecule has 1 rings (SSSR count). The molecule has 0 radical (unpaired) electrons. The zero-order valence-electron chi connectivity index (χ0n) is 9.10. The molecule has 1 N–H and O–H groups in total. The summed E-state index contributed by atoms with van der Waals surface area (Å²) in [5.74, 6) is -0.140. The Morgan fingerprint density at radius 1 is 1.43 bits per heavy atom. The topological polar surface area (TPSA) is 12.0 Å². The zero-order valence-corrected chi connectivity index (χ0v) is 9.10. The molecule has 0 heterocycles. The Hall–Kier alpha value is -1.05. The maximum absolute atomic E-state index is 13.2. The highest BCUT2D eigenvalue weighted by Gasteiger charge is 2.02. The van der Waals surface area contributed by atoms with Gasteiger partial charge in [-0.1, -0.05) is 19.4 Å². The molecule has 0 unspecified atom stereocenters. The second kappa shape index (κ2) is 4.99. The molecule has 1 atom stereocenters. The summed E-state index contributed by atoms with van der Waals surface area (Å²) in [6, 6.07) is 5.68. The van der Waals surface area contributed by atoms with Crippen LogP contribution in [-0.2, 0) is 0 Å². The second-order valence-corrected chi connectivity index (χ2v) is 3.80. The number of rotatable bonds is 4. The Labute approximate surface area is 85.3 Å². The average molecular weight is 195 g/mol. The third kappa shape index (κ3) is 3.02. The lowest BCUT2D eigenvalue weighted by Crippen LogP contribution is -2.14. The van der Waals surface area contributed by atoms with Crippen molar-refractivity contribution in [3.63, 3.8) is 0 Å². The Morgan fingerprint density at radius 3 is 2.71 bits per heavy atom. The molecule has 0 aliphatic carbocycles. The molecule has 0 fully saturated rings. The van der Waals surface area contributed by atoms with Crippen molar-refractivity contribution < 1.29 is 4.39 Å². The van der Waals surface area contributed by atoms with Crippen LogP contribution >= 0.6 is 0 Å². The minimum Gasteiger partial charge on any atom is -0.383 e. The predicted molar refractivity (Wildman–Crippen MR) is 59.1 cm³/mol. The summed E-state index contributed by atoms with van der Waals surface area (Å²) in [7, 11) is 0. The SMILES string of the molecule is CCC[C@@H](C)Nc1ccc(C)c(F)c1. The van der Waals surface area contributed by atoms with E-state index in [1.54, 1.807) is 19.1 Å². The van der Waals surface area contributed by atoms with Gasteiger partial charge in [-0.3, -0.25) is 0 Å². The highest BCUT2D eigenvalue weighted by Crippen LogP contribution is 2.15. The molecule has 0 spiro atoms. The molecule has 1 aromatic rings. The first-order chi connectivity index (χ1) is 6.63. The average Bonchev–Trinajstić information content (AvgIpc) is 2.12. The highest BCUT2D eigenvalue weighted by molar-refractivity contribution is 5.45. The van der Waals surface area contributed by atoms with Crippen LogP contribution in [0.2, 0.25) is 0 Å². The van der Waals surface area contributed by atoms with E-state index in [2.05, 4.69) is 19.2 Å². The van der Waals surface area contributed by atoms with Gasteiger partial charge in [0.2, 0.25) is 0 Å². The molecule has 0 bridgehead atoms. The number of anilines is 1. The third-order valence-corrected chi connectivity index (χ3v) is 2.31. The number of aryl methyl sites for hydroxylation is 1. The lowest BCUT2D eigenvalue weighted by molar-refractivity contribution is 0.617. The van der Waals surface area contributed by atoms with E-state index in [-0.39, 0.29) is 5.82 Å². The summed E-state index contributed by atoms with van der Waals surface area (Å²) in [5, 5.41) is 3.27. The number of halogens is 1. The Bertz CT molecular complexity index is 296. The monoisotopic (exact) mass is 195 g/mol. The van der Waals surface area contributed by atoms with E-state index in [4.69, 9.17) is 0 Å². The molecule has 1 nitrogen and oxygen atoms in total. The molecule has 0 amide bonds. The van der Waals surface area contributed by atoms with Gasteiger partial charge >= 0.3 is 0 Å². The Morgan fingerprint density at radius 2 is 2.14 bits per heavy atom. The van der Waals surface area contributed by atoms with Gasteiger partial charge in [-0.2, -0.15) is 0 Å². The van der Waals surface area contributed by atoms with Crippen molar-refractivity contribution in [3.8, 4) is 0 Å². The van der Waals surface area contributed by atoms with Crippen molar-refractivity contribution in [2.24, 2.45) is 0 Å². The van der Waals surface area contributed by atoms with Crippen LogP contribution < -0.4 is 5.32 Å². The van der Waals surface area contributed by atoms with Gasteiger partial charge < -0.3 is 5.32 Å². The van der Waals surface area contributed by atoms with Crippen LogP contribution in [0.25, 0.3) is 0 Å². The summed E-state index contributed by atoms with van der Waals surface area (Å²) in [5.41, 5.74) is 1.56. The number of hydrogen-bond donors (Lipinski definition) is 1. The molecule has 0 aromatic heterocycles. The molecule has 0 saturated carbocycles. The summed E-state index contributed by atoms with van der Waals surface area (Å²) < 4.78 is 13.2. The van der Waals surface area contributed by atoms with Crippen molar-refractivity contribution in [1.82, 2.24) is 0 Å². The van der Waals surface area contributed by atoms with E-state index in [0.29, 0.717) is 11.6 Å². The van der Waals surface area contributed by atoms with Crippen LogP contribution in [-0.4, -0.2) is 6.04 Å². The van der Waals surface area contributed by atoms with Crippen molar-refractivity contribution in [3.05, 3.63) is 29.6 Å². The van der Waals surface area contributed by atoms with Crippen molar-refractivity contribution in [2.75, 3.05) is 5.32 Å². The third-order valence-electron chi connectivity index (χ3n) is 2.31. The fourth-order valence-corrected chi connectivity index (χ4v) is 1.47. The molecule has 14 heavy (non-hydrogen) atoms. The Balaban J connectivity index is 2.63. The number of nitrogens with one attached hydrogen (secondary N) is 1. The second-order valence-electron chi connectivity index (χ2n) is 3.80. The maximum atomic E-state index is 13.2. The van der Waals surface area contributed by atoms with E-state index >= 15 is 0 Å². The van der Waals surface area contributed by atoms with Crippen LogP contribution in [0.1, 0.15) is 32.3 Å². The number of benzene rings is 1. The van der Waals surface area contributed by atoms with E-state index in [0.717, 1.165) is 18.5 Å². The molecule has 1 aromatic carbocycles. The van der Waals surface area contributed by atoms with Crippen LogP contribution in [0.4, 0.5) is 10.1 Å². The molecule has 78 valence electrons. The van der Waals surface area contributed by atoms with Gasteiger partial charge in [0, 0.05) is 11.7 Å². The first-order valence-electron chi connectivity index (χ1n) is 5.16. The van der Waals surface area contributed by atoms with E-state index in [1.807, 2.05) is 6.07 Å². The predicted octanol–water partition coefficient (Wildman–Crippen LogP) is 3.73. The fraction of sp³-hybridized carbons (Fsp3) is 0.500. The largest absolute Gasteiger partial charge is 0.383 e. The molecule has 0 saturated heterocycles. The lowest BCUT2D eigenvalue weighted by atomic mass is 10.1. The highest BCUT2D eigenvalue weighted by atomic mass is 19.1. The van der Waals surface area contributed by atoms with E-state index in [1.165, 1.54) is 0 Å². The molecule has 2 heteroatoms. The number of hydrogen-bond acceptors (Lipinski definition) is 1. The summed E-state index contributed by atoms with van der Waals surface area (Å²) in [6.07, 6.45) is 2.25. The van der Waals surface area contributed by atoms with E-state index < -0.39 is 0 Å². The summed E-state index contributed by atoms with van der Waals surface area (Å²) in [4.78, 5) is 0. The summed E-state index contributed by atoms with van der Waals surface area (Å²) in [6.45, 7) is 6.03. The van der Waals surface area contributed by atoms with Crippen molar-refractivity contribution in [1.29, 1.82) is 0 Å². The smallest absolute Gasteiger partial charge is 0.128 e. The van der Waals surface area contributed by atoms with Crippen molar-refractivity contribution >= 4 is 5.69 Å². The first kappa shape index (κ1) is 11.0. The van der Waals surface area contributed by atoms with Gasteiger partial charge in [-0.25, -0.2) is 4.39 Å². The normalized spacial score (nSPS) is 12.6. The molecular formula is C12H18FN. The van der Waals surface area contributed by atoms with Crippen molar-refractivity contribution in [2.45, 2.75) is 39.7 Å². The first-order valence-corrected chi connectivity index (χ1v) is 5.16. The van der Waals surface area contributed by atoms with E-state index in [9.17, 15) is 4.39 Å². The fourth-order valence-electron chi connectivity index (χ4n) is 1.47. The lowest BCUT2D eigenvalue weighted by Gasteiger charge is -2.14. The van der Waals surface area contributed by atoms with Crippen LogP contribution in [0, 0.1) is 12.7 Å². The minimum absolute atomic E-state index is 0.140. The minimum atomic E-state index is -0.140. The van der Waals surface area contributed by atoms with Gasteiger partial charge in [-0.15, -0.1) is 0 Å². The maximum Gasteiger partial charge on any atom is 0.128 e. The van der Waals surface area contributed by atoms with Gasteiger partial charge in [-0.05, 0) is 38.0 Å². The standard InChI is InChI=1S/C12H18FN/c1-4-5-10(3)14-11-7-6-9(2)12(13)8-11/h6-8,10,14H,4-5H2,1-3H3/t10-/m1/s1. The zero-order chi connectivity index (χ0) is 10.6. The molecule has 0 aliphatic rings. The van der Waals surface area contributed by atoms with Crippen LogP contribution in [0.5, 0.6) is 0 Å². The van der Waals surface area contributed by atoms with Crippen LogP contribution in [0.15, 0.2) is 18.2 Å². The van der Waals surface area contributed by atoms with Gasteiger partial charge in [0.15, 0.2) is 0 Å². The van der Waals surface area contributed by atoms with Gasteiger partial charge in [0.25, 0.3) is 0 Å². The van der Waals surface area contributed by atoms with Gasteiger partial charge in [0.05, 0.1) is 0 Å². The Kier molecular flexibility index (Phi) is 3.93. The quantitative estimate of drug-likeness (QED) is 0.771. The molecule has 0 aliphatic heterocycles.